The summed E-state index contributed by atoms with van der Waals surface area (Å²) in [7, 11) is 3.49. The summed E-state index contributed by atoms with van der Waals surface area (Å²) in [6, 6.07) is 9.51. The third-order valence-corrected chi connectivity index (χ3v) is 5.38. The molecule has 3 aromatic heterocycles. The van der Waals surface area contributed by atoms with Gasteiger partial charge in [-0.15, -0.1) is 0 Å². The Labute approximate surface area is 167 Å². The van der Waals surface area contributed by atoms with E-state index < -0.39 is 0 Å². The molecule has 29 heavy (non-hydrogen) atoms. The molecule has 0 saturated heterocycles. The van der Waals surface area contributed by atoms with Crippen molar-refractivity contribution < 1.29 is 9.53 Å². The lowest BCUT2D eigenvalue weighted by Gasteiger charge is -2.10. The van der Waals surface area contributed by atoms with Crippen LogP contribution in [-0.2, 0) is 7.05 Å². The second-order valence-electron chi connectivity index (χ2n) is 7.51. The van der Waals surface area contributed by atoms with Crippen molar-refractivity contribution in [3.8, 4) is 5.75 Å². The Balaban J connectivity index is 1.53. The van der Waals surface area contributed by atoms with E-state index in [4.69, 9.17) is 9.72 Å². The molecule has 0 atom stereocenters. The topological polar surface area (TPSA) is 81.9 Å². The van der Waals surface area contributed by atoms with Gasteiger partial charge in [0.25, 0.3) is 5.91 Å². The molecule has 0 radical (unpaired) electrons. The van der Waals surface area contributed by atoms with Crippen molar-refractivity contribution in [2.24, 2.45) is 7.05 Å². The van der Waals surface area contributed by atoms with Gasteiger partial charge in [0.1, 0.15) is 5.75 Å². The van der Waals surface area contributed by atoms with Crippen molar-refractivity contribution in [2.75, 3.05) is 12.4 Å². The van der Waals surface area contributed by atoms with Crippen LogP contribution in [0.2, 0.25) is 0 Å². The van der Waals surface area contributed by atoms with Gasteiger partial charge in [-0.05, 0) is 44.0 Å². The molecular weight excluding hydrogens is 366 g/mol. The van der Waals surface area contributed by atoms with Crippen LogP contribution in [0.3, 0.4) is 0 Å². The van der Waals surface area contributed by atoms with Crippen LogP contribution >= 0.6 is 0 Å². The summed E-state index contributed by atoms with van der Waals surface area (Å²) in [6.45, 7) is 1.91. The first-order valence-corrected chi connectivity index (χ1v) is 9.63. The number of pyridine rings is 2. The van der Waals surface area contributed by atoms with Crippen LogP contribution in [-0.4, -0.2) is 32.8 Å². The number of nitrogens with one attached hydrogen (secondary N) is 1. The number of aryl methyl sites for hydroxylation is 2. The van der Waals surface area contributed by atoms with Crippen molar-refractivity contribution in [1.29, 1.82) is 0 Å². The first-order valence-electron chi connectivity index (χ1n) is 9.63. The zero-order chi connectivity index (χ0) is 20.1. The summed E-state index contributed by atoms with van der Waals surface area (Å²) in [5.74, 6) is 1.02. The van der Waals surface area contributed by atoms with Crippen LogP contribution in [0, 0.1) is 6.92 Å². The van der Waals surface area contributed by atoms with Crippen molar-refractivity contribution in [3.05, 3.63) is 53.5 Å². The molecular formula is C22H21N5O2. The largest absolute Gasteiger partial charge is 0.497 e. The number of rotatable bonds is 4. The average Bonchev–Trinajstić information content (AvgIpc) is 3.53. The van der Waals surface area contributed by atoms with E-state index >= 15 is 0 Å². The molecule has 0 aliphatic heterocycles. The number of nitrogens with zero attached hydrogens (tertiary/aromatic N) is 4. The van der Waals surface area contributed by atoms with Gasteiger partial charge in [-0.2, -0.15) is 5.10 Å². The summed E-state index contributed by atoms with van der Waals surface area (Å²) in [5, 5.41) is 9.19. The number of ether oxygens (including phenoxy) is 1. The molecule has 4 aromatic rings. The highest BCUT2D eigenvalue weighted by Crippen LogP contribution is 2.40. The third-order valence-electron chi connectivity index (χ3n) is 5.38. The van der Waals surface area contributed by atoms with Gasteiger partial charge in [0.15, 0.2) is 5.65 Å². The maximum absolute atomic E-state index is 13.2. The van der Waals surface area contributed by atoms with Gasteiger partial charge in [0.05, 0.1) is 41.2 Å². The Kier molecular flexibility index (Phi) is 3.97. The lowest BCUT2D eigenvalue weighted by atomic mass is 10.1. The molecule has 146 valence electrons. The third kappa shape index (κ3) is 3.08. The molecule has 3 heterocycles. The second kappa shape index (κ2) is 6.55. The monoisotopic (exact) mass is 387 g/mol. The predicted octanol–water partition coefficient (Wildman–Crippen LogP) is 3.96. The minimum absolute atomic E-state index is 0.176. The molecule has 1 saturated carbocycles. The molecule has 0 bridgehead atoms. The van der Waals surface area contributed by atoms with E-state index in [-0.39, 0.29) is 5.91 Å². The summed E-state index contributed by atoms with van der Waals surface area (Å²) in [5.41, 5.74) is 4.58. The van der Waals surface area contributed by atoms with E-state index in [9.17, 15) is 4.79 Å². The highest BCUT2D eigenvalue weighted by Gasteiger charge is 2.28. The van der Waals surface area contributed by atoms with Crippen LogP contribution in [0.4, 0.5) is 5.69 Å². The second-order valence-corrected chi connectivity index (χ2v) is 7.51. The van der Waals surface area contributed by atoms with Crippen LogP contribution in [0.15, 0.2) is 36.5 Å². The van der Waals surface area contributed by atoms with E-state index in [0.717, 1.165) is 51.9 Å². The number of methoxy groups -OCH3 is 1. The smallest absolute Gasteiger partial charge is 0.256 e. The lowest BCUT2D eigenvalue weighted by Crippen LogP contribution is -2.14. The van der Waals surface area contributed by atoms with Gasteiger partial charge in [-0.1, -0.05) is 0 Å². The summed E-state index contributed by atoms with van der Waals surface area (Å²) in [4.78, 5) is 22.4. The van der Waals surface area contributed by atoms with Gasteiger partial charge in [0, 0.05) is 30.1 Å². The molecule has 0 unspecified atom stereocenters. The normalized spacial score (nSPS) is 13.8. The number of fused-ring (bicyclic) bond motifs is 2. The number of hydrogen-bond acceptors (Lipinski definition) is 5. The molecule has 1 aliphatic carbocycles. The van der Waals surface area contributed by atoms with Gasteiger partial charge in [-0.3, -0.25) is 14.5 Å². The lowest BCUT2D eigenvalue weighted by molar-refractivity contribution is 0.102. The number of anilines is 1. The number of amides is 1. The number of aromatic nitrogens is 4. The number of hydrogen-bond donors (Lipinski definition) is 1. The molecule has 1 amide bonds. The molecule has 1 fully saturated rings. The minimum atomic E-state index is -0.176. The van der Waals surface area contributed by atoms with Crippen molar-refractivity contribution >= 4 is 33.5 Å². The molecule has 1 aromatic carbocycles. The Bertz CT molecular complexity index is 1270. The molecule has 7 heteroatoms. The molecule has 0 spiro atoms. The van der Waals surface area contributed by atoms with Crippen LogP contribution in [0.25, 0.3) is 21.9 Å². The van der Waals surface area contributed by atoms with Crippen LogP contribution < -0.4 is 10.1 Å². The zero-order valence-corrected chi connectivity index (χ0v) is 16.6. The fraction of sp³-hybridized carbons (Fsp3) is 0.273. The first-order chi connectivity index (χ1) is 14.0. The van der Waals surface area contributed by atoms with E-state index in [1.54, 1.807) is 18.0 Å². The van der Waals surface area contributed by atoms with E-state index in [2.05, 4.69) is 15.4 Å². The number of benzene rings is 1. The quantitative estimate of drug-likeness (QED) is 0.573. The summed E-state index contributed by atoms with van der Waals surface area (Å²) < 4.78 is 6.99. The maximum Gasteiger partial charge on any atom is 0.256 e. The Hall–Kier alpha value is -3.48. The minimum Gasteiger partial charge on any atom is -0.497 e. The Morgan fingerprint density at radius 1 is 1.24 bits per heavy atom. The fourth-order valence-electron chi connectivity index (χ4n) is 3.73. The average molecular weight is 387 g/mol. The van der Waals surface area contributed by atoms with Crippen LogP contribution in [0.1, 0.15) is 40.5 Å². The summed E-state index contributed by atoms with van der Waals surface area (Å²) in [6.07, 6.45) is 3.90. The van der Waals surface area contributed by atoms with Gasteiger partial charge >= 0.3 is 0 Å². The Morgan fingerprint density at radius 2 is 2.07 bits per heavy atom. The van der Waals surface area contributed by atoms with Gasteiger partial charge in [-0.25, -0.2) is 4.98 Å². The maximum atomic E-state index is 13.2. The van der Waals surface area contributed by atoms with E-state index in [1.165, 1.54) is 0 Å². The highest BCUT2D eigenvalue weighted by molar-refractivity contribution is 6.13. The van der Waals surface area contributed by atoms with Gasteiger partial charge in [0.2, 0.25) is 0 Å². The van der Waals surface area contributed by atoms with Crippen molar-refractivity contribution in [3.63, 3.8) is 0 Å². The molecule has 7 nitrogen and oxygen atoms in total. The highest BCUT2D eigenvalue weighted by atomic mass is 16.5. The number of carbonyl (C=O) groups is 1. The fourth-order valence-corrected chi connectivity index (χ4v) is 3.73. The van der Waals surface area contributed by atoms with E-state index in [1.807, 2.05) is 44.3 Å². The predicted molar refractivity (Wildman–Crippen MR) is 111 cm³/mol. The first kappa shape index (κ1) is 17.6. The molecule has 5 rings (SSSR count). The van der Waals surface area contributed by atoms with Crippen LogP contribution in [0.5, 0.6) is 5.75 Å². The SMILES string of the molecule is COc1ccc2cc(NC(=O)c3cc(C4CC4)nc4c3c(C)nn4C)cnc2c1. The Morgan fingerprint density at radius 3 is 2.83 bits per heavy atom. The van der Waals surface area contributed by atoms with Gasteiger partial charge < -0.3 is 10.1 Å². The molecule has 1 aliphatic rings. The summed E-state index contributed by atoms with van der Waals surface area (Å²) >= 11 is 0. The van der Waals surface area contributed by atoms with Crippen molar-refractivity contribution in [2.45, 2.75) is 25.7 Å². The standard InChI is InChI=1S/C22H21N5O2/c1-12-20-17(10-19(13-4-5-13)25-21(20)27(2)26-12)22(28)24-15-8-14-6-7-16(29-3)9-18(14)23-11-15/h6-11,13H,4-5H2,1-3H3,(H,24,28). The molecule has 1 N–H and O–H groups in total. The zero-order valence-electron chi connectivity index (χ0n) is 16.6. The van der Waals surface area contributed by atoms with E-state index in [0.29, 0.717) is 17.2 Å². The van der Waals surface area contributed by atoms with Crippen molar-refractivity contribution in [1.82, 2.24) is 19.7 Å². The number of carbonyl (C=O) groups excluding carboxylic acids is 1.